The van der Waals surface area contributed by atoms with Crippen LogP contribution in [0.15, 0.2) is 42.5 Å². The van der Waals surface area contributed by atoms with Crippen LogP contribution < -0.4 is 11.1 Å². The zero-order chi connectivity index (χ0) is 9.97. The summed E-state index contributed by atoms with van der Waals surface area (Å²) in [7, 11) is 0. The van der Waals surface area contributed by atoms with Gasteiger partial charge in [0, 0.05) is 11.1 Å². The van der Waals surface area contributed by atoms with E-state index in [0.717, 1.165) is 16.5 Å². The van der Waals surface area contributed by atoms with Crippen LogP contribution in [0.25, 0.3) is 10.8 Å². The van der Waals surface area contributed by atoms with E-state index in [1.807, 2.05) is 42.5 Å². The van der Waals surface area contributed by atoms with Crippen molar-refractivity contribution in [2.75, 3.05) is 5.32 Å². The number of hydrogen-bond acceptors (Lipinski definition) is 1. The molecule has 3 heteroatoms. The molecule has 0 bridgehead atoms. The summed E-state index contributed by atoms with van der Waals surface area (Å²) < 4.78 is 0. The van der Waals surface area contributed by atoms with Crippen molar-refractivity contribution in [3.05, 3.63) is 42.5 Å². The number of rotatable bonds is 1. The predicted octanol–water partition coefficient (Wildman–Crippen LogP) is 2.82. The van der Waals surface area contributed by atoms with Crippen molar-refractivity contribution >= 4 is 33.8 Å². The van der Waals surface area contributed by atoms with E-state index in [2.05, 4.69) is 5.32 Å². The van der Waals surface area contributed by atoms with E-state index in [9.17, 15) is 0 Å². The predicted molar refractivity (Wildman–Crippen MR) is 63.3 cm³/mol. The molecule has 0 heterocycles. The molecule has 0 spiro atoms. The van der Waals surface area contributed by atoms with Gasteiger partial charge in [-0.15, -0.1) is 0 Å². The molecule has 0 amide bonds. The van der Waals surface area contributed by atoms with Crippen LogP contribution in [0.3, 0.4) is 0 Å². The van der Waals surface area contributed by atoms with E-state index >= 15 is 0 Å². The molecular weight excluding hydrogens is 192 g/mol. The lowest BCUT2D eigenvalue weighted by molar-refractivity contribution is 1.61. The standard InChI is InChI=1S/C11H9N2S/c12-11(14)13-10-7-3-5-8-4-1-2-6-9(8)10/h1-7,12H,(H,13,14). The third-order valence-corrected chi connectivity index (χ3v) is 2.14. The number of thiocarbonyl (C=S) groups is 1. The molecule has 0 fully saturated rings. The zero-order valence-electron chi connectivity index (χ0n) is 7.45. The Bertz CT molecular complexity index is 474. The van der Waals surface area contributed by atoms with Gasteiger partial charge in [-0.25, -0.2) is 0 Å². The molecule has 69 valence electrons. The first-order valence-electron chi connectivity index (χ1n) is 4.28. The van der Waals surface area contributed by atoms with Crippen LogP contribution in [0.2, 0.25) is 0 Å². The van der Waals surface area contributed by atoms with Crippen LogP contribution >= 0.6 is 12.2 Å². The van der Waals surface area contributed by atoms with Crippen molar-refractivity contribution in [2.45, 2.75) is 0 Å². The van der Waals surface area contributed by atoms with Gasteiger partial charge in [0.2, 0.25) is 0 Å². The molecule has 2 aromatic carbocycles. The fourth-order valence-electron chi connectivity index (χ4n) is 1.46. The Morgan fingerprint density at radius 2 is 1.79 bits per heavy atom. The quantitative estimate of drug-likeness (QED) is 0.720. The normalized spacial score (nSPS) is 10.0. The minimum atomic E-state index is 0.0429. The van der Waals surface area contributed by atoms with Crippen LogP contribution in [0.4, 0.5) is 5.69 Å². The van der Waals surface area contributed by atoms with Crippen LogP contribution in [0.5, 0.6) is 0 Å². The molecule has 2 N–H and O–H groups in total. The van der Waals surface area contributed by atoms with Gasteiger partial charge in [0.25, 0.3) is 0 Å². The SMILES string of the molecule is [NH]C(=S)Nc1cccc2ccccc12. The highest BCUT2D eigenvalue weighted by Crippen LogP contribution is 2.22. The van der Waals surface area contributed by atoms with Gasteiger partial charge in [-0.05, 0) is 23.7 Å². The summed E-state index contributed by atoms with van der Waals surface area (Å²) >= 11 is 4.70. The number of benzene rings is 2. The Labute approximate surface area is 87.7 Å². The van der Waals surface area contributed by atoms with Crippen molar-refractivity contribution in [3.8, 4) is 0 Å². The highest BCUT2D eigenvalue weighted by Gasteiger charge is 1.99. The van der Waals surface area contributed by atoms with Gasteiger partial charge in [0.05, 0.1) is 0 Å². The number of anilines is 1. The van der Waals surface area contributed by atoms with Gasteiger partial charge < -0.3 is 5.32 Å². The van der Waals surface area contributed by atoms with Gasteiger partial charge in [0.1, 0.15) is 0 Å². The molecule has 2 rings (SSSR count). The Balaban J connectivity index is 2.59. The maximum Gasteiger partial charge on any atom is 0.189 e. The lowest BCUT2D eigenvalue weighted by atomic mass is 10.1. The number of fused-ring (bicyclic) bond motifs is 1. The van der Waals surface area contributed by atoms with Crippen LogP contribution in [0, 0.1) is 0 Å². The monoisotopic (exact) mass is 201 g/mol. The minimum absolute atomic E-state index is 0.0429. The first kappa shape index (κ1) is 8.97. The van der Waals surface area contributed by atoms with Gasteiger partial charge in [-0.3, -0.25) is 5.73 Å². The summed E-state index contributed by atoms with van der Waals surface area (Å²) in [4.78, 5) is 0. The summed E-state index contributed by atoms with van der Waals surface area (Å²) in [5, 5.41) is 5.12. The third-order valence-electron chi connectivity index (χ3n) is 2.04. The molecule has 2 aromatic rings. The highest BCUT2D eigenvalue weighted by atomic mass is 32.1. The Kier molecular flexibility index (Phi) is 2.33. The first-order chi connectivity index (χ1) is 6.77. The van der Waals surface area contributed by atoms with E-state index in [4.69, 9.17) is 18.0 Å². The van der Waals surface area contributed by atoms with Gasteiger partial charge in [-0.2, -0.15) is 0 Å². The average Bonchev–Trinajstić information content (AvgIpc) is 2.18. The van der Waals surface area contributed by atoms with Crippen molar-refractivity contribution < 1.29 is 0 Å². The third kappa shape index (κ3) is 1.67. The van der Waals surface area contributed by atoms with E-state index in [-0.39, 0.29) is 5.11 Å². The average molecular weight is 201 g/mol. The molecule has 0 aliphatic rings. The maximum atomic E-state index is 7.21. The Morgan fingerprint density at radius 3 is 2.57 bits per heavy atom. The van der Waals surface area contributed by atoms with Crippen LogP contribution in [-0.2, 0) is 0 Å². The second kappa shape index (κ2) is 3.64. The molecule has 14 heavy (non-hydrogen) atoms. The van der Waals surface area contributed by atoms with Crippen molar-refractivity contribution in [1.82, 2.24) is 5.73 Å². The molecule has 2 nitrogen and oxygen atoms in total. The highest BCUT2D eigenvalue weighted by molar-refractivity contribution is 7.80. The molecule has 0 aromatic heterocycles. The molecule has 0 aliphatic carbocycles. The van der Waals surface area contributed by atoms with Gasteiger partial charge in [0.15, 0.2) is 5.11 Å². The van der Waals surface area contributed by atoms with Crippen molar-refractivity contribution in [2.24, 2.45) is 0 Å². The molecule has 0 unspecified atom stereocenters. The summed E-state index contributed by atoms with van der Waals surface area (Å²) in [6.07, 6.45) is 0. The topological polar surface area (TPSA) is 35.8 Å². The minimum Gasteiger partial charge on any atom is -0.331 e. The largest absolute Gasteiger partial charge is 0.331 e. The summed E-state index contributed by atoms with van der Waals surface area (Å²) in [5.41, 5.74) is 8.10. The molecule has 0 aliphatic heterocycles. The van der Waals surface area contributed by atoms with E-state index in [1.54, 1.807) is 0 Å². The van der Waals surface area contributed by atoms with Crippen molar-refractivity contribution in [3.63, 3.8) is 0 Å². The van der Waals surface area contributed by atoms with E-state index < -0.39 is 0 Å². The Hall–Kier alpha value is -1.61. The van der Waals surface area contributed by atoms with E-state index in [0.29, 0.717) is 0 Å². The van der Waals surface area contributed by atoms with Crippen LogP contribution in [-0.4, -0.2) is 5.11 Å². The number of hydrogen-bond donors (Lipinski definition) is 1. The maximum absolute atomic E-state index is 7.21. The van der Waals surface area contributed by atoms with E-state index in [1.165, 1.54) is 0 Å². The molecule has 0 atom stereocenters. The fraction of sp³-hybridized carbons (Fsp3) is 0. The lowest BCUT2D eigenvalue weighted by Gasteiger charge is -2.06. The fourth-order valence-corrected chi connectivity index (χ4v) is 1.57. The molecule has 0 saturated heterocycles. The lowest BCUT2D eigenvalue weighted by Crippen LogP contribution is -2.09. The molecular formula is C11H9N2S. The van der Waals surface area contributed by atoms with Crippen molar-refractivity contribution in [1.29, 1.82) is 0 Å². The summed E-state index contributed by atoms with van der Waals surface area (Å²) in [6, 6.07) is 13.9. The van der Waals surface area contributed by atoms with Gasteiger partial charge >= 0.3 is 0 Å². The molecule has 0 saturated carbocycles. The smallest absolute Gasteiger partial charge is 0.189 e. The molecule has 1 radical (unpaired) electrons. The number of nitrogens with one attached hydrogen (secondary N) is 2. The second-order valence-corrected chi connectivity index (χ2v) is 3.39. The summed E-state index contributed by atoms with van der Waals surface area (Å²) in [5.74, 6) is 0. The second-order valence-electron chi connectivity index (χ2n) is 2.98. The zero-order valence-corrected chi connectivity index (χ0v) is 8.27. The first-order valence-corrected chi connectivity index (χ1v) is 4.68. The van der Waals surface area contributed by atoms with Gasteiger partial charge in [-0.1, -0.05) is 36.4 Å². The Morgan fingerprint density at radius 1 is 1.07 bits per heavy atom. The van der Waals surface area contributed by atoms with Crippen LogP contribution in [0.1, 0.15) is 0 Å². The summed E-state index contributed by atoms with van der Waals surface area (Å²) in [6.45, 7) is 0.